The Morgan fingerprint density at radius 3 is 2.33 bits per heavy atom. The van der Waals surface area contributed by atoms with Gasteiger partial charge in [0.2, 0.25) is 0 Å². The van der Waals surface area contributed by atoms with Crippen LogP contribution in [-0.4, -0.2) is 17.2 Å². The summed E-state index contributed by atoms with van der Waals surface area (Å²) >= 11 is 11.5. The van der Waals surface area contributed by atoms with Crippen LogP contribution in [0.3, 0.4) is 0 Å². The molecule has 0 aromatic heterocycles. The lowest BCUT2D eigenvalue weighted by atomic mass is 10.2. The first-order valence-electron chi connectivity index (χ1n) is 4.30. The summed E-state index contributed by atoms with van der Waals surface area (Å²) in [5.74, 6) is -0.865. The zero-order valence-electron chi connectivity index (χ0n) is 8.25. The minimum absolute atomic E-state index is 0.0121. The number of carbonyl (C=O) groups is 1. The molecule has 0 saturated heterocycles. The summed E-state index contributed by atoms with van der Waals surface area (Å²) < 4.78 is 5.32. The first kappa shape index (κ1) is 12.1. The summed E-state index contributed by atoms with van der Waals surface area (Å²) in [6.07, 6.45) is -0.125. The highest BCUT2D eigenvalue weighted by molar-refractivity contribution is 6.42. The minimum Gasteiger partial charge on any atom is -0.490 e. The highest BCUT2D eigenvalue weighted by atomic mass is 35.5. The number of benzene rings is 1. The molecule has 0 heterocycles. The second-order valence-corrected chi connectivity index (χ2v) is 4.05. The van der Waals surface area contributed by atoms with Crippen molar-refractivity contribution in [1.82, 2.24) is 0 Å². The molecule has 15 heavy (non-hydrogen) atoms. The third-order valence-corrected chi connectivity index (χ3v) is 2.34. The second-order valence-electron chi connectivity index (χ2n) is 3.23. The van der Waals surface area contributed by atoms with Crippen LogP contribution in [0.1, 0.15) is 24.2 Å². The zero-order chi connectivity index (χ0) is 11.6. The molecule has 0 bridgehead atoms. The average Bonchev–Trinajstić information content (AvgIpc) is 2.09. The largest absolute Gasteiger partial charge is 0.490 e. The lowest BCUT2D eigenvalue weighted by Gasteiger charge is -2.13. The number of carboxylic acid groups (broad SMARTS) is 1. The van der Waals surface area contributed by atoms with Crippen LogP contribution in [0, 0.1) is 0 Å². The van der Waals surface area contributed by atoms with Gasteiger partial charge in [0.05, 0.1) is 16.1 Å². The van der Waals surface area contributed by atoms with Crippen molar-refractivity contribution in [3.05, 3.63) is 27.7 Å². The molecule has 5 heteroatoms. The van der Waals surface area contributed by atoms with E-state index in [4.69, 9.17) is 33.0 Å². The molecular formula is C10H10Cl2O3. The van der Waals surface area contributed by atoms with E-state index in [0.717, 1.165) is 0 Å². The predicted molar refractivity (Wildman–Crippen MR) is 59.2 cm³/mol. The second kappa shape index (κ2) is 4.73. The summed E-state index contributed by atoms with van der Waals surface area (Å²) in [7, 11) is 0. The molecule has 1 N–H and O–H groups in total. The SMILES string of the molecule is CC(C)Oc1cc(Cl)c(Cl)cc1C(=O)O. The van der Waals surface area contributed by atoms with Gasteiger partial charge in [-0.15, -0.1) is 0 Å². The van der Waals surface area contributed by atoms with Gasteiger partial charge in [-0.25, -0.2) is 4.79 Å². The molecule has 0 unspecified atom stereocenters. The van der Waals surface area contributed by atoms with Gasteiger partial charge >= 0.3 is 5.97 Å². The van der Waals surface area contributed by atoms with E-state index in [2.05, 4.69) is 0 Å². The number of hydrogen-bond acceptors (Lipinski definition) is 2. The Hall–Kier alpha value is -0.930. The fourth-order valence-electron chi connectivity index (χ4n) is 1.05. The third kappa shape index (κ3) is 3.01. The van der Waals surface area contributed by atoms with Gasteiger partial charge in [-0.3, -0.25) is 0 Å². The Morgan fingerprint density at radius 2 is 1.87 bits per heavy atom. The molecule has 0 aliphatic heterocycles. The Morgan fingerprint density at radius 1 is 1.33 bits per heavy atom. The Bertz CT molecular complexity index is 388. The molecule has 0 radical (unpaired) electrons. The first-order chi connectivity index (χ1) is 6.91. The van der Waals surface area contributed by atoms with E-state index in [1.807, 2.05) is 0 Å². The fourth-order valence-corrected chi connectivity index (χ4v) is 1.36. The van der Waals surface area contributed by atoms with Crippen LogP contribution in [0.15, 0.2) is 12.1 Å². The minimum atomic E-state index is -1.09. The maximum absolute atomic E-state index is 10.9. The summed E-state index contributed by atoms with van der Waals surface area (Å²) in [5.41, 5.74) is 0.0121. The number of ether oxygens (including phenoxy) is 1. The van der Waals surface area contributed by atoms with Crippen LogP contribution in [0.25, 0.3) is 0 Å². The van der Waals surface area contributed by atoms with Gasteiger partial charge < -0.3 is 9.84 Å². The van der Waals surface area contributed by atoms with E-state index in [1.165, 1.54) is 12.1 Å². The lowest BCUT2D eigenvalue weighted by molar-refractivity contribution is 0.0690. The molecule has 1 aromatic rings. The van der Waals surface area contributed by atoms with Crippen LogP contribution in [0.2, 0.25) is 10.0 Å². The van der Waals surface area contributed by atoms with Gasteiger partial charge in [0.25, 0.3) is 0 Å². The molecule has 3 nitrogen and oxygen atoms in total. The zero-order valence-corrected chi connectivity index (χ0v) is 9.76. The van der Waals surface area contributed by atoms with Crippen LogP contribution < -0.4 is 4.74 Å². The van der Waals surface area contributed by atoms with E-state index < -0.39 is 5.97 Å². The molecule has 0 saturated carbocycles. The van der Waals surface area contributed by atoms with Crippen molar-refractivity contribution in [3.63, 3.8) is 0 Å². The van der Waals surface area contributed by atoms with E-state index in [1.54, 1.807) is 13.8 Å². The Labute approximate surface area is 97.6 Å². The monoisotopic (exact) mass is 248 g/mol. The van der Waals surface area contributed by atoms with Crippen molar-refractivity contribution < 1.29 is 14.6 Å². The van der Waals surface area contributed by atoms with Crippen molar-refractivity contribution in [2.24, 2.45) is 0 Å². The topological polar surface area (TPSA) is 46.5 Å². The van der Waals surface area contributed by atoms with E-state index in [9.17, 15) is 4.79 Å². The fraction of sp³-hybridized carbons (Fsp3) is 0.300. The third-order valence-electron chi connectivity index (χ3n) is 1.62. The van der Waals surface area contributed by atoms with Gasteiger partial charge in [0, 0.05) is 6.07 Å². The summed E-state index contributed by atoms with van der Waals surface area (Å²) in [6.45, 7) is 3.60. The average molecular weight is 249 g/mol. The number of carboxylic acids is 1. The van der Waals surface area contributed by atoms with E-state index in [0.29, 0.717) is 0 Å². The van der Waals surface area contributed by atoms with Crippen molar-refractivity contribution >= 4 is 29.2 Å². The highest BCUT2D eigenvalue weighted by Gasteiger charge is 2.15. The maximum atomic E-state index is 10.9. The maximum Gasteiger partial charge on any atom is 0.339 e. The van der Waals surface area contributed by atoms with Crippen LogP contribution in [0.5, 0.6) is 5.75 Å². The van der Waals surface area contributed by atoms with E-state index in [-0.39, 0.29) is 27.5 Å². The molecule has 1 aromatic carbocycles. The number of halogens is 2. The lowest BCUT2D eigenvalue weighted by Crippen LogP contribution is -2.10. The van der Waals surface area contributed by atoms with Gasteiger partial charge in [-0.1, -0.05) is 23.2 Å². The highest BCUT2D eigenvalue weighted by Crippen LogP contribution is 2.31. The number of hydrogen-bond donors (Lipinski definition) is 1. The van der Waals surface area contributed by atoms with Crippen molar-refractivity contribution in [2.75, 3.05) is 0 Å². The Balaban J connectivity index is 3.22. The normalized spacial score (nSPS) is 10.5. The van der Waals surface area contributed by atoms with Gasteiger partial charge in [0.15, 0.2) is 0 Å². The molecular weight excluding hydrogens is 239 g/mol. The smallest absolute Gasteiger partial charge is 0.339 e. The molecule has 0 aliphatic rings. The molecule has 0 fully saturated rings. The quantitative estimate of drug-likeness (QED) is 0.891. The van der Waals surface area contributed by atoms with Gasteiger partial charge in [-0.2, -0.15) is 0 Å². The predicted octanol–water partition coefficient (Wildman–Crippen LogP) is 3.48. The van der Waals surface area contributed by atoms with Gasteiger partial charge in [0.1, 0.15) is 11.3 Å². The summed E-state index contributed by atoms with van der Waals surface area (Å²) in [4.78, 5) is 10.9. The molecule has 0 spiro atoms. The molecule has 0 amide bonds. The molecule has 0 aliphatic carbocycles. The van der Waals surface area contributed by atoms with Crippen molar-refractivity contribution in [1.29, 1.82) is 0 Å². The summed E-state index contributed by atoms with van der Waals surface area (Å²) in [6, 6.07) is 2.69. The van der Waals surface area contributed by atoms with Crippen molar-refractivity contribution in [2.45, 2.75) is 20.0 Å². The van der Waals surface area contributed by atoms with Crippen molar-refractivity contribution in [3.8, 4) is 5.75 Å². The van der Waals surface area contributed by atoms with Crippen LogP contribution in [0.4, 0.5) is 0 Å². The standard InChI is InChI=1S/C10H10Cl2O3/c1-5(2)15-9-4-8(12)7(11)3-6(9)10(13)14/h3-5H,1-2H3,(H,13,14). The van der Waals surface area contributed by atoms with Crippen LogP contribution >= 0.6 is 23.2 Å². The molecule has 0 atom stereocenters. The number of aromatic carboxylic acids is 1. The van der Waals surface area contributed by atoms with E-state index >= 15 is 0 Å². The first-order valence-corrected chi connectivity index (χ1v) is 5.06. The molecule has 1 rings (SSSR count). The molecule has 82 valence electrons. The van der Waals surface area contributed by atoms with Crippen LogP contribution in [-0.2, 0) is 0 Å². The Kier molecular flexibility index (Phi) is 3.83. The number of rotatable bonds is 3. The summed E-state index contributed by atoms with van der Waals surface area (Å²) in [5, 5.41) is 9.39. The van der Waals surface area contributed by atoms with Gasteiger partial charge in [-0.05, 0) is 19.9 Å².